The molecular weight excluding hydrogens is 389 g/mol. The molecule has 0 radical (unpaired) electrons. The van der Waals surface area contributed by atoms with E-state index in [1.165, 1.54) is 12.1 Å². The van der Waals surface area contributed by atoms with Crippen molar-refractivity contribution in [3.05, 3.63) is 74.3 Å². The monoisotopic (exact) mass is 402 g/mol. The van der Waals surface area contributed by atoms with Gasteiger partial charge in [-0.1, -0.05) is 35.9 Å². The van der Waals surface area contributed by atoms with E-state index in [0.717, 1.165) is 6.07 Å². The van der Waals surface area contributed by atoms with Gasteiger partial charge < -0.3 is 10.1 Å². The average Bonchev–Trinajstić information content (AvgIpc) is 2.59. The molecule has 2 aromatic carbocycles. The van der Waals surface area contributed by atoms with Gasteiger partial charge in [-0.25, -0.2) is 0 Å². The molecule has 0 aliphatic heterocycles. The highest BCUT2D eigenvalue weighted by atomic mass is 35.5. The summed E-state index contributed by atoms with van der Waals surface area (Å²) in [4.78, 5) is 22.5. The van der Waals surface area contributed by atoms with E-state index < -0.39 is 23.6 Å². The standard InChI is InChI=1S/C17H14ClF3N2O4/c18-13-5-6-15(23(25)26)14(7-13)16(24)22-8-11-1-3-12(4-2-11)9-27-10-17(19,20)21/h1-7H,8-10H2,(H,22,24). The summed E-state index contributed by atoms with van der Waals surface area (Å²) in [6.45, 7) is -1.45. The third kappa shape index (κ3) is 6.54. The molecule has 0 heterocycles. The lowest BCUT2D eigenvalue weighted by molar-refractivity contribution is -0.385. The van der Waals surface area contributed by atoms with Gasteiger partial charge in [-0.05, 0) is 23.3 Å². The third-order valence-corrected chi connectivity index (χ3v) is 3.65. The summed E-state index contributed by atoms with van der Waals surface area (Å²) in [6.07, 6.45) is -4.38. The Morgan fingerprint density at radius 2 is 1.78 bits per heavy atom. The van der Waals surface area contributed by atoms with Crippen LogP contribution < -0.4 is 5.32 Å². The van der Waals surface area contributed by atoms with Crippen molar-refractivity contribution in [2.45, 2.75) is 19.3 Å². The van der Waals surface area contributed by atoms with E-state index in [1.54, 1.807) is 24.3 Å². The quantitative estimate of drug-likeness (QED) is 0.554. The highest BCUT2D eigenvalue weighted by Crippen LogP contribution is 2.22. The van der Waals surface area contributed by atoms with Crippen molar-refractivity contribution in [2.24, 2.45) is 0 Å². The molecule has 10 heteroatoms. The first-order valence-electron chi connectivity index (χ1n) is 7.60. The van der Waals surface area contributed by atoms with Crippen LogP contribution in [0, 0.1) is 10.1 Å². The molecule has 27 heavy (non-hydrogen) atoms. The molecule has 0 aliphatic rings. The predicted octanol–water partition coefficient (Wildman–Crippen LogP) is 4.26. The number of nitro groups is 1. The van der Waals surface area contributed by atoms with Crippen molar-refractivity contribution in [1.82, 2.24) is 5.32 Å². The summed E-state index contributed by atoms with van der Waals surface area (Å²) < 4.78 is 40.6. The molecule has 0 bridgehead atoms. The van der Waals surface area contributed by atoms with Crippen LogP contribution in [-0.2, 0) is 17.9 Å². The third-order valence-electron chi connectivity index (χ3n) is 3.41. The van der Waals surface area contributed by atoms with E-state index in [0.29, 0.717) is 11.1 Å². The zero-order valence-corrected chi connectivity index (χ0v) is 14.5. The topological polar surface area (TPSA) is 81.5 Å². The van der Waals surface area contributed by atoms with Crippen LogP contribution in [0.15, 0.2) is 42.5 Å². The molecule has 0 atom stereocenters. The first kappa shape index (κ1) is 20.7. The Kier molecular flexibility index (Phi) is 6.75. The van der Waals surface area contributed by atoms with Crippen LogP contribution in [0.25, 0.3) is 0 Å². The van der Waals surface area contributed by atoms with Gasteiger partial charge in [0.05, 0.1) is 11.5 Å². The summed E-state index contributed by atoms with van der Waals surface area (Å²) >= 11 is 5.79. The number of nitrogens with one attached hydrogen (secondary N) is 1. The minimum absolute atomic E-state index is 0.0756. The minimum Gasteiger partial charge on any atom is -0.367 e. The molecule has 0 saturated heterocycles. The maximum absolute atomic E-state index is 12.2. The maximum atomic E-state index is 12.2. The number of carbonyl (C=O) groups is 1. The Morgan fingerprint density at radius 3 is 2.37 bits per heavy atom. The Labute approximate surface area is 157 Å². The van der Waals surface area contributed by atoms with Crippen molar-refractivity contribution in [2.75, 3.05) is 6.61 Å². The van der Waals surface area contributed by atoms with E-state index in [4.69, 9.17) is 11.6 Å². The van der Waals surface area contributed by atoms with Crippen LogP contribution in [0.1, 0.15) is 21.5 Å². The molecule has 0 saturated carbocycles. The lowest BCUT2D eigenvalue weighted by Crippen LogP contribution is -2.23. The lowest BCUT2D eigenvalue weighted by Gasteiger charge is -2.09. The number of halogens is 4. The minimum atomic E-state index is -4.38. The van der Waals surface area contributed by atoms with Crippen molar-refractivity contribution in [3.63, 3.8) is 0 Å². The van der Waals surface area contributed by atoms with E-state index in [1.807, 2.05) is 0 Å². The Morgan fingerprint density at radius 1 is 1.15 bits per heavy atom. The molecule has 0 spiro atoms. The highest BCUT2D eigenvalue weighted by molar-refractivity contribution is 6.31. The van der Waals surface area contributed by atoms with Gasteiger partial charge in [0.2, 0.25) is 0 Å². The highest BCUT2D eigenvalue weighted by Gasteiger charge is 2.27. The van der Waals surface area contributed by atoms with Crippen molar-refractivity contribution < 1.29 is 27.6 Å². The fourth-order valence-electron chi connectivity index (χ4n) is 2.16. The van der Waals surface area contributed by atoms with Gasteiger partial charge in [-0.15, -0.1) is 0 Å². The second-order valence-corrected chi connectivity index (χ2v) is 5.96. The zero-order valence-electron chi connectivity index (χ0n) is 13.8. The Bertz CT molecular complexity index is 826. The van der Waals surface area contributed by atoms with Crippen molar-refractivity contribution in [3.8, 4) is 0 Å². The Hall–Kier alpha value is -2.65. The summed E-state index contributed by atoms with van der Waals surface area (Å²) in [6, 6.07) is 10.0. The van der Waals surface area contributed by atoms with Crippen molar-refractivity contribution >= 4 is 23.2 Å². The number of nitrogens with zero attached hydrogens (tertiary/aromatic N) is 1. The van der Waals surface area contributed by atoms with Crippen molar-refractivity contribution in [1.29, 1.82) is 0 Å². The lowest BCUT2D eigenvalue weighted by atomic mass is 10.1. The number of hydrogen-bond acceptors (Lipinski definition) is 4. The number of alkyl halides is 3. The van der Waals surface area contributed by atoms with Gasteiger partial charge in [0, 0.05) is 17.6 Å². The fourth-order valence-corrected chi connectivity index (χ4v) is 2.34. The molecule has 1 N–H and O–H groups in total. The summed E-state index contributed by atoms with van der Waals surface area (Å²) in [7, 11) is 0. The van der Waals surface area contributed by atoms with Gasteiger partial charge >= 0.3 is 6.18 Å². The first-order valence-corrected chi connectivity index (χ1v) is 7.98. The Balaban J connectivity index is 1.94. The van der Waals surface area contributed by atoms with E-state index in [9.17, 15) is 28.1 Å². The molecule has 2 rings (SSSR count). The summed E-state index contributed by atoms with van der Waals surface area (Å²) in [5.41, 5.74) is 0.672. The van der Waals surface area contributed by atoms with Gasteiger partial charge in [0.1, 0.15) is 12.2 Å². The second kappa shape index (κ2) is 8.83. The molecule has 6 nitrogen and oxygen atoms in total. The number of ether oxygens (including phenoxy) is 1. The first-order chi connectivity index (χ1) is 12.7. The summed E-state index contributed by atoms with van der Waals surface area (Å²) in [5, 5.41) is 13.7. The van der Waals surface area contributed by atoms with E-state index in [2.05, 4.69) is 10.1 Å². The summed E-state index contributed by atoms with van der Waals surface area (Å²) in [5.74, 6) is -0.665. The SMILES string of the molecule is O=C(NCc1ccc(COCC(F)(F)F)cc1)c1cc(Cl)ccc1[N+](=O)[O-]. The van der Waals surface area contributed by atoms with Gasteiger partial charge in [-0.3, -0.25) is 14.9 Å². The maximum Gasteiger partial charge on any atom is 0.411 e. The zero-order chi connectivity index (χ0) is 20.0. The molecule has 0 unspecified atom stereocenters. The molecule has 0 aromatic heterocycles. The second-order valence-electron chi connectivity index (χ2n) is 5.53. The van der Waals surface area contributed by atoms with E-state index >= 15 is 0 Å². The largest absolute Gasteiger partial charge is 0.411 e. The molecule has 1 amide bonds. The van der Waals surface area contributed by atoms with Gasteiger partial charge in [0.15, 0.2) is 0 Å². The number of rotatable bonds is 7. The fraction of sp³-hybridized carbons (Fsp3) is 0.235. The van der Waals surface area contributed by atoms with Crippen LogP contribution >= 0.6 is 11.6 Å². The normalized spacial score (nSPS) is 11.3. The van der Waals surface area contributed by atoms with Crippen LogP contribution in [0.5, 0.6) is 0 Å². The van der Waals surface area contributed by atoms with Crippen LogP contribution in [0.2, 0.25) is 5.02 Å². The molecular formula is C17H14ClF3N2O4. The number of amides is 1. The number of nitro benzene ring substituents is 1. The van der Waals surface area contributed by atoms with E-state index in [-0.39, 0.29) is 29.4 Å². The molecule has 0 aliphatic carbocycles. The molecule has 144 valence electrons. The number of carbonyl (C=O) groups excluding carboxylic acids is 1. The van der Waals surface area contributed by atoms with Gasteiger partial charge in [-0.2, -0.15) is 13.2 Å². The van der Waals surface area contributed by atoms with Crippen LogP contribution in [-0.4, -0.2) is 23.6 Å². The average molecular weight is 403 g/mol. The molecule has 0 fully saturated rings. The predicted molar refractivity (Wildman–Crippen MR) is 91.4 cm³/mol. The number of benzene rings is 2. The van der Waals surface area contributed by atoms with Gasteiger partial charge in [0.25, 0.3) is 11.6 Å². The molecule has 2 aromatic rings. The smallest absolute Gasteiger partial charge is 0.367 e. The van der Waals surface area contributed by atoms with Crippen LogP contribution in [0.3, 0.4) is 0 Å². The number of hydrogen-bond donors (Lipinski definition) is 1. The van der Waals surface area contributed by atoms with Crippen LogP contribution in [0.4, 0.5) is 18.9 Å².